The van der Waals surface area contributed by atoms with Crippen LogP contribution in [0.5, 0.6) is 0 Å². The van der Waals surface area contributed by atoms with Crippen LogP contribution in [0.3, 0.4) is 0 Å². The molecular formula is C12H16ClN3S. The minimum atomic E-state index is 0.568. The van der Waals surface area contributed by atoms with Crippen molar-refractivity contribution in [3.63, 3.8) is 0 Å². The quantitative estimate of drug-likeness (QED) is 0.807. The highest BCUT2D eigenvalue weighted by Crippen LogP contribution is 2.30. The van der Waals surface area contributed by atoms with Crippen molar-refractivity contribution in [1.82, 2.24) is 15.1 Å². The second kappa shape index (κ2) is 4.88. The lowest BCUT2D eigenvalue weighted by molar-refractivity contribution is 0.422. The Balaban J connectivity index is 1.77. The molecule has 0 amide bonds. The molecule has 2 aliphatic rings. The fourth-order valence-electron chi connectivity index (χ4n) is 2.40. The number of nitrogens with zero attached hydrogens (tertiary/aromatic N) is 1. The topological polar surface area (TPSA) is 27.3 Å². The van der Waals surface area contributed by atoms with E-state index in [1.54, 1.807) is 15.8 Å². The average Bonchev–Trinajstić information content (AvgIpc) is 2.78. The number of rotatable bonds is 2. The molecule has 92 valence electrons. The number of halogens is 1. The maximum absolute atomic E-state index is 6.12. The van der Waals surface area contributed by atoms with Gasteiger partial charge in [0.15, 0.2) is 0 Å². The lowest BCUT2D eigenvalue weighted by Crippen LogP contribution is -2.39. The summed E-state index contributed by atoms with van der Waals surface area (Å²) in [6.45, 7) is 3.02. The summed E-state index contributed by atoms with van der Waals surface area (Å²) in [6.07, 6.45) is 4.37. The summed E-state index contributed by atoms with van der Waals surface area (Å²) in [7, 11) is 0. The first-order valence-corrected chi connectivity index (χ1v) is 7.23. The van der Waals surface area contributed by atoms with E-state index >= 15 is 0 Å². The zero-order chi connectivity index (χ0) is 11.7. The third-order valence-electron chi connectivity index (χ3n) is 3.30. The molecule has 0 unspecified atom stereocenters. The fourth-order valence-corrected chi connectivity index (χ4v) is 3.57. The molecule has 1 fully saturated rings. The normalized spacial score (nSPS) is 21.0. The Morgan fingerprint density at radius 1 is 1.41 bits per heavy atom. The molecule has 2 aliphatic heterocycles. The summed E-state index contributed by atoms with van der Waals surface area (Å²) in [4.78, 5) is 1.35. The van der Waals surface area contributed by atoms with Crippen molar-refractivity contribution in [2.24, 2.45) is 0 Å². The summed E-state index contributed by atoms with van der Waals surface area (Å²) in [5.41, 5.74) is 2.50. The van der Waals surface area contributed by atoms with Crippen molar-refractivity contribution in [3.8, 4) is 0 Å². The lowest BCUT2D eigenvalue weighted by Gasteiger charge is -2.28. The molecule has 0 spiro atoms. The first-order chi connectivity index (χ1) is 8.33. The third kappa shape index (κ3) is 2.44. The van der Waals surface area contributed by atoms with Crippen LogP contribution in [0.25, 0.3) is 5.70 Å². The van der Waals surface area contributed by atoms with E-state index in [1.807, 2.05) is 6.20 Å². The van der Waals surface area contributed by atoms with Crippen LogP contribution < -0.4 is 10.6 Å². The molecule has 1 aromatic heterocycles. The van der Waals surface area contributed by atoms with Gasteiger partial charge in [-0.15, -0.1) is 11.3 Å². The van der Waals surface area contributed by atoms with Gasteiger partial charge >= 0.3 is 0 Å². The van der Waals surface area contributed by atoms with Gasteiger partial charge in [0.25, 0.3) is 0 Å². The third-order valence-corrected chi connectivity index (χ3v) is 4.42. The molecule has 0 bridgehead atoms. The second-order valence-electron chi connectivity index (χ2n) is 4.53. The van der Waals surface area contributed by atoms with Gasteiger partial charge in [-0.1, -0.05) is 0 Å². The molecule has 2 N–H and O–H groups in total. The van der Waals surface area contributed by atoms with Gasteiger partial charge in [0.2, 0.25) is 0 Å². The average molecular weight is 270 g/mol. The molecule has 3 nitrogen and oxygen atoms in total. The summed E-state index contributed by atoms with van der Waals surface area (Å²) in [5, 5.41) is 9.15. The Labute approximate surface area is 111 Å². The van der Waals surface area contributed by atoms with E-state index in [-0.39, 0.29) is 0 Å². The van der Waals surface area contributed by atoms with Crippen LogP contribution in [0.1, 0.15) is 23.3 Å². The number of fused-ring (bicyclic) bond motifs is 1. The predicted molar refractivity (Wildman–Crippen MR) is 72.7 cm³/mol. The van der Waals surface area contributed by atoms with Crippen LogP contribution in [-0.4, -0.2) is 23.6 Å². The summed E-state index contributed by atoms with van der Waals surface area (Å²) in [6, 6.07) is 2.75. The van der Waals surface area contributed by atoms with Gasteiger partial charge in [-0.2, -0.15) is 0 Å². The van der Waals surface area contributed by atoms with E-state index in [1.165, 1.54) is 29.0 Å². The molecule has 3 rings (SSSR count). The number of nitrogens with one attached hydrogen (secondary N) is 2. The molecule has 0 atom stereocenters. The Morgan fingerprint density at radius 2 is 2.24 bits per heavy atom. The molecule has 1 saturated heterocycles. The standard InChI is InChI=1S/C12H16ClN3S/c13-16-7-11(10-3-6-17-12(10)8-16)15-9-1-4-14-5-2-9/h3,6-7,9,14-15H,1-2,4-5,8H2. The largest absolute Gasteiger partial charge is 0.380 e. The summed E-state index contributed by atoms with van der Waals surface area (Å²) in [5.74, 6) is 0. The van der Waals surface area contributed by atoms with Gasteiger partial charge < -0.3 is 10.6 Å². The van der Waals surface area contributed by atoms with Gasteiger partial charge in [-0.25, -0.2) is 0 Å². The predicted octanol–water partition coefficient (Wildman–Crippen LogP) is 2.36. The molecule has 0 aliphatic carbocycles. The number of thiophene rings is 1. The minimum absolute atomic E-state index is 0.568. The van der Waals surface area contributed by atoms with Crippen LogP contribution in [-0.2, 0) is 6.54 Å². The maximum Gasteiger partial charge on any atom is 0.0693 e. The van der Waals surface area contributed by atoms with E-state index in [0.29, 0.717) is 6.04 Å². The smallest absolute Gasteiger partial charge is 0.0693 e. The van der Waals surface area contributed by atoms with Gasteiger partial charge in [0, 0.05) is 34.5 Å². The molecule has 3 heterocycles. The van der Waals surface area contributed by atoms with Crippen molar-refractivity contribution in [2.75, 3.05) is 13.1 Å². The maximum atomic E-state index is 6.12. The van der Waals surface area contributed by atoms with E-state index in [9.17, 15) is 0 Å². The van der Waals surface area contributed by atoms with Crippen molar-refractivity contribution < 1.29 is 0 Å². The van der Waals surface area contributed by atoms with Crippen LogP contribution in [0, 0.1) is 0 Å². The van der Waals surface area contributed by atoms with Crippen LogP contribution in [0.15, 0.2) is 17.6 Å². The lowest BCUT2D eigenvalue weighted by atomic mass is 10.0. The van der Waals surface area contributed by atoms with Crippen molar-refractivity contribution in [3.05, 3.63) is 28.1 Å². The molecule has 0 aromatic carbocycles. The monoisotopic (exact) mass is 269 g/mol. The van der Waals surface area contributed by atoms with Gasteiger partial charge in [0.05, 0.1) is 12.2 Å². The number of hydrogen-bond acceptors (Lipinski definition) is 4. The van der Waals surface area contributed by atoms with Crippen LogP contribution >= 0.6 is 23.1 Å². The molecule has 0 saturated carbocycles. The van der Waals surface area contributed by atoms with Gasteiger partial charge in [0.1, 0.15) is 0 Å². The number of hydrogen-bond donors (Lipinski definition) is 2. The number of piperidine rings is 1. The second-order valence-corrected chi connectivity index (χ2v) is 5.96. The highest BCUT2D eigenvalue weighted by molar-refractivity contribution is 7.10. The van der Waals surface area contributed by atoms with Crippen molar-refractivity contribution in [1.29, 1.82) is 0 Å². The van der Waals surface area contributed by atoms with Gasteiger partial charge in [-0.3, -0.25) is 4.42 Å². The van der Waals surface area contributed by atoms with E-state index in [4.69, 9.17) is 11.8 Å². The molecule has 17 heavy (non-hydrogen) atoms. The van der Waals surface area contributed by atoms with E-state index in [0.717, 1.165) is 19.6 Å². The molecule has 5 heteroatoms. The zero-order valence-electron chi connectivity index (χ0n) is 9.58. The molecule has 0 radical (unpaired) electrons. The molecular weight excluding hydrogens is 254 g/mol. The fraction of sp³-hybridized carbons (Fsp3) is 0.500. The summed E-state index contributed by atoms with van der Waals surface area (Å²) >= 11 is 7.90. The Bertz CT molecular complexity index is 423. The highest BCUT2D eigenvalue weighted by atomic mass is 35.5. The van der Waals surface area contributed by atoms with E-state index in [2.05, 4.69) is 22.1 Å². The van der Waals surface area contributed by atoms with Gasteiger partial charge in [-0.05, 0) is 37.4 Å². The Morgan fingerprint density at radius 3 is 3.06 bits per heavy atom. The van der Waals surface area contributed by atoms with Crippen LogP contribution in [0.4, 0.5) is 0 Å². The zero-order valence-corrected chi connectivity index (χ0v) is 11.2. The van der Waals surface area contributed by atoms with Crippen molar-refractivity contribution >= 4 is 28.8 Å². The van der Waals surface area contributed by atoms with Crippen molar-refractivity contribution in [2.45, 2.75) is 25.4 Å². The Hall–Kier alpha value is -0.710. The first kappa shape index (κ1) is 11.4. The SMILES string of the molecule is ClN1C=C(NC2CCNCC2)c2ccsc2C1. The van der Waals surface area contributed by atoms with Crippen LogP contribution in [0.2, 0.25) is 0 Å². The Kier molecular flexibility index (Phi) is 3.27. The van der Waals surface area contributed by atoms with E-state index < -0.39 is 0 Å². The first-order valence-electron chi connectivity index (χ1n) is 6.01. The minimum Gasteiger partial charge on any atom is -0.380 e. The summed E-state index contributed by atoms with van der Waals surface area (Å²) < 4.78 is 1.74. The highest BCUT2D eigenvalue weighted by Gasteiger charge is 2.20. The molecule has 1 aromatic rings.